The highest BCUT2D eigenvalue weighted by molar-refractivity contribution is 7.99. The van der Waals surface area contributed by atoms with E-state index in [1.165, 1.54) is 37.7 Å². The number of carbonyl (C=O) groups excluding carboxylic acids is 1. The normalized spacial score (nSPS) is 15.1. The molecule has 158 valence electrons. The van der Waals surface area contributed by atoms with E-state index in [0.29, 0.717) is 6.42 Å². The number of carbonyl (C=O) groups is 1. The highest BCUT2D eigenvalue weighted by Gasteiger charge is 2.54. The summed E-state index contributed by atoms with van der Waals surface area (Å²) < 4.78 is 21.5. The molecule has 0 bridgehead atoms. The van der Waals surface area contributed by atoms with Gasteiger partial charge >= 0.3 is 15.2 Å². The minimum Gasteiger partial charge on any atom is -0.356 e. The molecule has 1 aliphatic rings. The fourth-order valence-electron chi connectivity index (χ4n) is 1.66. The molecule has 0 aromatic carbocycles. The minimum atomic E-state index is -4.77. The van der Waals surface area contributed by atoms with E-state index in [1.54, 1.807) is 0 Å². The Labute approximate surface area is 161 Å². The molecule has 0 radical (unpaired) electrons. The highest BCUT2D eigenvalue weighted by atomic mass is 32.2. The Balaban J connectivity index is 0. The van der Waals surface area contributed by atoms with Crippen LogP contribution in [0.1, 0.15) is 66.2 Å². The Morgan fingerprint density at radius 3 is 1.62 bits per heavy atom. The van der Waals surface area contributed by atoms with E-state index >= 15 is 0 Å². The number of hydrogen-bond donors (Lipinski definition) is 5. The van der Waals surface area contributed by atoms with Crippen molar-refractivity contribution in [2.24, 2.45) is 0 Å². The molecule has 1 aliphatic heterocycles. The first-order valence-electron chi connectivity index (χ1n) is 8.83. The van der Waals surface area contributed by atoms with Crippen molar-refractivity contribution in [1.82, 2.24) is 5.32 Å². The van der Waals surface area contributed by atoms with Gasteiger partial charge in [-0.25, -0.2) is 0 Å². The summed E-state index contributed by atoms with van der Waals surface area (Å²) in [7, 11) is -9.54. The Morgan fingerprint density at radius 1 is 1.00 bits per heavy atom. The van der Waals surface area contributed by atoms with Crippen molar-refractivity contribution >= 4 is 32.9 Å². The van der Waals surface area contributed by atoms with Crippen molar-refractivity contribution in [3.05, 3.63) is 0 Å². The number of thioether (sulfide) groups is 1. The molecule has 0 aromatic rings. The molecule has 0 spiro atoms. The van der Waals surface area contributed by atoms with Gasteiger partial charge in [-0.1, -0.05) is 27.2 Å². The van der Waals surface area contributed by atoms with Gasteiger partial charge in [0.1, 0.15) is 0 Å². The van der Waals surface area contributed by atoms with Gasteiger partial charge in [-0.3, -0.25) is 13.9 Å². The third-order valence-corrected chi connectivity index (χ3v) is 9.76. The molecule has 1 rings (SSSR count). The monoisotopic (exact) mass is 435 g/mol. The van der Waals surface area contributed by atoms with Gasteiger partial charge in [-0.15, -0.1) is 0 Å². The van der Waals surface area contributed by atoms with Crippen molar-refractivity contribution in [2.75, 3.05) is 18.1 Å². The van der Waals surface area contributed by atoms with Gasteiger partial charge in [-0.2, -0.15) is 11.8 Å². The molecular formula is C15H35NO7P2S. The molecule has 0 aliphatic carbocycles. The quantitative estimate of drug-likeness (QED) is 0.400. The summed E-state index contributed by atoms with van der Waals surface area (Å²) in [6.07, 6.45) is 5.75. The van der Waals surface area contributed by atoms with E-state index in [9.17, 15) is 13.9 Å². The van der Waals surface area contributed by atoms with Crippen LogP contribution in [0.2, 0.25) is 0 Å². The third kappa shape index (κ3) is 11.8. The fourth-order valence-corrected chi connectivity index (χ4v) is 4.86. The van der Waals surface area contributed by atoms with Crippen LogP contribution >= 0.6 is 27.0 Å². The van der Waals surface area contributed by atoms with Crippen LogP contribution in [0, 0.1) is 0 Å². The second kappa shape index (κ2) is 14.2. The SMILES string of the molecule is C1CCSCC1.CCC(C)(P(=O)(O)O)P(=O)(O)O.CCCNC(=O)CC. The van der Waals surface area contributed by atoms with Crippen molar-refractivity contribution in [2.45, 2.75) is 71.1 Å². The van der Waals surface area contributed by atoms with E-state index in [0.717, 1.165) is 19.9 Å². The third-order valence-electron chi connectivity index (χ3n) is 3.90. The molecule has 5 N–H and O–H groups in total. The smallest absolute Gasteiger partial charge is 0.343 e. The van der Waals surface area contributed by atoms with Crippen LogP contribution in [0.25, 0.3) is 0 Å². The first-order chi connectivity index (χ1) is 11.9. The Kier molecular flexibility index (Phi) is 15.4. The average Bonchev–Trinajstić information content (AvgIpc) is 2.59. The predicted molar refractivity (Wildman–Crippen MR) is 108 cm³/mol. The molecule has 1 heterocycles. The lowest BCUT2D eigenvalue weighted by Crippen LogP contribution is -2.23. The summed E-state index contributed by atoms with van der Waals surface area (Å²) in [5.74, 6) is 2.98. The maximum atomic E-state index is 10.7. The molecule has 0 unspecified atom stereocenters. The van der Waals surface area contributed by atoms with Crippen LogP contribution in [-0.4, -0.2) is 48.4 Å². The van der Waals surface area contributed by atoms with E-state index < -0.39 is 20.1 Å². The molecule has 1 saturated heterocycles. The Morgan fingerprint density at radius 2 is 1.46 bits per heavy atom. The zero-order valence-electron chi connectivity index (χ0n) is 16.2. The van der Waals surface area contributed by atoms with Gasteiger partial charge in [0.2, 0.25) is 5.91 Å². The molecule has 0 saturated carbocycles. The molecule has 8 nitrogen and oxygen atoms in total. The second-order valence-electron chi connectivity index (χ2n) is 6.04. The van der Waals surface area contributed by atoms with Crippen LogP contribution in [0.5, 0.6) is 0 Å². The zero-order valence-corrected chi connectivity index (χ0v) is 18.8. The lowest BCUT2D eigenvalue weighted by Gasteiger charge is -2.29. The maximum Gasteiger partial charge on any atom is 0.343 e. The van der Waals surface area contributed by atoms with Crippen molar-refractivity contribution in [1.29, 1.82) is 0 Å². The highest BCUT2D eigenvalue weighted by Crippen LogP contribution is 2.70. The number of amides is 1. The van der Waals surface area contributed by atoms with Gasteiger partial charge in [-0.05, 0) is 44.1 Å². The molecular weight excluding hydrogens is 400 g/mol. The zero-order chi connectivity index (χ0) is 20.9. The van der Waals surface area contributed by atoms with Crippen molar-refractivity contribution < 1.29 is 33.5 Å². The van der Waals surface area contributed by atoms with Crippen LogP contribution in [0.3, 0.4) is 0 Å². The van der Waals surface area contributed by atoms with Gasteiger partial charge in [0.05, 0.1) is 0 Å². The van der Waals surface area contributed by atoms with Crippen molar-refractivity contribution in [3.63, 3.8) is 0 Å². The molecule has 1 amide bonds. The number of nitrogens with one attached hydrogen (secondary N) is 1. The topological polar surface area (TPSA) is 144 Å². The standard InChI is InChI=1S/C6H13NO.C5H10S.C4H12O6P2/c1-3-5-7-6(8)4-2;1-2-4-6-5-3-1;1-3-4(2,11(5,6)7)12(8,9)10/h3-5H2,1-2H3,(H,7,8);1-5H2;3H2,1-2H3,(H2,5,6,7)(H2,8,9,10). The fraction of sp³-hybridized carbons (Fsp3) is 0.933. The summed E-state index contributed by atoms with van der Waals surface area (Å²) >= 11 is 2.09. The molecule has 1 fully saturated rings. The van der Waals surface area contributed by atoms with Gasteiger partial charge in [0.25, 0.3) is 0 Å². The van der Waals surface area contributed by atoms with Crippen LogP contribution in [-0.2, 0) is 13.9 Å². The summed E-state index contributed by atoms with van der Waals surface area (Å²) in [6.45, 7) is 6.90. The molecule has 0 aromatic heterocycles. The largest absolute Gasteiger partial charge is 0.356 e. The molecule has 11 heteroatoms. The van der Waals surface area contributed by atoms with E-state index in [2.05, 4.69) is 17.1 Å². The lowest BCUT2D eigenvalue weighted by atomic mass is 10.3. The van der Waals surface area contributed by atoms with Crippen LogP contribution in [0.15, 0.2) is 0 Å². The van der Waals surface area contributed by atoms with Crippen molar-refractivity contribution in [3.8, 4) is 0 Å². The van der Waals surface area contributed by atoms with Gasteiger partial charge in [0, 0.05) is 13.0 Å². The van der Waals surface area contributed by atoms with Gasteiger partial charge < -0.3 is 24.9 Å². The minimum absolute atomic E-state index is 0.145. The second-order valence-corrected chi connectivity index (χ2v) is 11.8. The van der Waals surface area contributed by atoms with E-state index in [-0.39, 0.29) is 12.3 Å². The lowest BCUT2D eigenvalue weighted by molar-refractivity contribution is -0.120. The van der Waals surface area contributed by atoms with E-state index in [1.807, 2.05) is 13.8 Å². The predicted octanol–water partition coefficient (Wildman–Crippen LogP) is 3.29. The maximum absolute atomic E-state index is 10.7. The number of rotatable bonds is 6. The van der Waals surface area contributed by atoms with E-state index in [4.69, 9.17) is 19.6 Å². The molecule has 26 heavy (non-hydrogen) atoms. The summed E-state index contributed by atoms with van der Waals surface area (Å²) in [5, 5.41) is 2.74. The molecule has 0 atom stereocenters. The Hall–Kier alpha value is 0.120. The first-order valence-corrected chi connectivity index (χ1v) is 13.2. The Bertz CT molecular complexity index is 441. The first kappa shape index (κ1) is 28.3. The summed E-state index contributed by atoms with van der Waals surface area (Å²) in [4.78, 5) is 43.0. The van der Waals surface area contributed by atoms with Crippen LogP contribution < -0.4 is 5.32 Å². The van der Waals surface area contributed by atoms with Gasteiger partial charge in [0.15, 0.2) is 4.90 Å². The summed E-state index contributed by atoms with van der Waals surface area (Å²) in [5.41, 5.74) is 0. The summed E-state index contributed by atoms with van der Waals surface area (Å²) in [6, 6.07) is 0. The number of hydrogen-bond acceptors (Lipinski definition) is 4. The average molecular weight is 435 g/mol. The van der Waals surface area contributed by atoms with Crippen LogP contribution in [0.4, 0.5) is 0 Å².